The highest BCUT2D eigenvalue weighted by molar-refractivity contribution is 9.10. The van der Waals surface area contributed by atoms with E-state index in [1.807, 2.05) is 19.1 Å². The first kappa shape index (κ1) is 14.9. The van der Waals surface area contributed by atoms with Crippen LogP contribution < -0.4 is 10.1 Å². The highest BCUT2D eigenvalue weighted by Gasteiger charge is 2.04. The van der Waals surface area contributed by atoms with E-state index < -0.39 is 0 Å². The highest BCUT2D eigenvalue weighted by atomic mass is 79.9. The van der Waals surface area contributed by atoms with Crippen LogP contribution in [0.15, 0.2) is 35.1 Å². The molecular weight excluding hydrogens is 318 g/mol. The predicted octanol–water partition coefficient (Wildman–Crippen LogP) is 3.84. The second-order valence-corrected chi connectivity index (χ2v) is 5.49. The van der Waals surface area contributed by atoms with Gasteiger partial charge in [0, 0.05) is 29.0 Å². The maximum Gasteiger partial charge on any atom is 0.219 e. The normalized spacial score (nSPS) is 10.6. The molecule has 2 heterocycles. The summed E-state index contributed by atoms with van der Waals surface area (Å²) in [6.45, 7) is 5.95. The molecule has 2 rings (SSSR count). The van der Waals surface area contributed by atoms with Crippen molar-refractivity contribution >= 4 is 15.9 Å². The van der Waals surface area contributed by atoms with Crippen LogP contribution in [-0.2, 0) is 6.54 Å². The SMILES string of the molecule is CCCNCc1cc(C)nc(Oc2cncc(Br)c2)c1. The Labute approximate surface area is 127 Å². The van der Waals surface area contributed by atoms with Gasteiger partial charge in [0.15, 0.2) is 0 Å². The minimum absolute atomic E-state index is 0.596. The molecule has 0 atom stereocenters. The molecule has 0 aliphatic rings. The Balaban J connectivity index is 2.11. The second kappa shape index (κ2) is 7.36. The number of ether oxygens (including phenoxy) is 1. The van der Waals surface area contributed by atoms with E-state index in [1.54, 1.807) is 12.4 Å². The fourth-order valence-corrected chi connectivity index (χ4v) is 2.18. The Kier molecular flexibility index (Phi) is 5.49. The number of aryl methyl sites for hydroxylation is 1. The summed E-state index contributed by atoms with van der Waals surface area (Å²) in [4.78, 5) is 8.47. The third-order valence-electron chi connectivity index (χ3n) is 2.65. The van der Waals surface area contributed by atoms with Crippen molar-refractivity contribution in [2.75, 3.05) is 6.54 Å². The van der Waals surface area contributed by atoms with E-state index in [0.29, 0.717) is 11.6 Å². The van der Waals surface area contributed by atoms with E-state index in [1.165, 1.54) is 5.56 Å². The van der Waals surface area contributed by atoms with E-state index in [0.717, 1.165) is 29.7 Å². The van der Waals surface area contributed by atoms with E-state index in [2.05, 4.69) is 44.2 Å². The minimum Gasteiger partial charge on any atom is -0.437 e. The molecule has 0 unspecified atom stereocenters. The molecule has 0 bridgehead atoms. The Bertz CT molecular complexity index is 575. The van der Waals surface area contributed by atoms with Gasteiger partial charge < -0.3 is 10.1 Å². The summed E-state index contributed by atoms with van der Waals surface area (Å²) in [6.07, 6.45) is 4.51. The molecule has 0 saturated carbocycles. The number of halogens is 1. The fourth-order valence-electron chi connectivity index (χ4n) is 1.84. The number of nitrogens with one attached hydrogen (secondary N) is 1. The Morgan fingerprint density at radius 2 is 2.10 bits per heavy atom. The predicted molar refractivity (Wildman–Crippen MR) is 83.0 cm³/mol. The quantitative estimate of drug-likeness (QED) is 0.814. The first-order chi connectivity index (χ1) is 9.67. The van der Waals surface area contributed by atoms with Crippen LogP contribution in [0.1, 0.15) is 24.6 Å². The number of hydrogen-bond acceptors (Lipinski definition) is 4. The van der Waals surface area contributed by atoms with Crippen LogP contribution >= 0.6 is 15.9 Å². The monoisotopic (exact) mass is 335 g/mol. The van der Waals surface area contributed by atoms with E-state index in [4.69, 9.17) is 4.74 Å². The standard InChI is InChI=1S/C15H18BrN3O/c1-3-4-17-8-12-5-11(2)19-15(6-12)20-14-7-13(16)9-18-10-14/h5-7,9-10,17H,3-4,8H2,1-2H3. The lowest BCUT2D eigenvalue weighted by Gasteiger charge is -2.09. The first-order valence-corrected chi connectivity index (χ1v) is 7.43. The largest absolute Gasteiger partial charge is 0.437 e. The van der Waals surface area contributed by atoms with Gasteiger partial charge in [0.25, 0.3) is 0 Å². The highest BCUT2D eigenvalue weighted by Crippen LogP contribution is 2.23. The Morgan fingerprint density at radius 1 is 1.25 bits per heavy atom. The summed E-state index contributed by atoms with van der Waals surface area (Å²) in [5.74, 6) is 1.27. The lowest BCUT2D eigenvalue weighted by Crippen LogP contribution is -2.14. The van der Waals surface area contributed by atoms with Crippen LogP contribution in [0, 0.1) is 6.92 Å². The van der Waals surface area contributed by atoms with Crippen molar-refractivity contribution in [3.63, 3.8) is 0 Å². The van der Waals surface area contributed by atoms with E-state index in [9.17, 15) is 0 Å². The summed E-state index contributed by atoms with van der Waals surface area (Å²) < 4.78 is 6.64. The smallest absolute Gasteiger partial charge is 0.219 e. The van der Waals surface area contributed by atoms with Gasteiger partial charge >= 0.3 is 0 Å². The average Bonchev–Trinajstić information content (AvgIpc) is 2.38. The third-order valence-corrected chi connectivity index (χ3v) is 3.08. The van der Waals surface area contributed by atoms with Crippen molar-refractivity contribution in [2.24, 2.45) is 0 Å². The zero-order valence-electron chi connectivity index (χ0n) is 11.7. The molecule has 1 N–H and O–H groups in total. The van der Waals surface area contributed by atoms with Gasteiger partial charge in [-0.05, 0) is 53.5 Å². The maximum atomic E-state index is 5.76. The summed E-state index contributed by atoms with van der Waals surface area (Å²) in [6, 6.07) is 5.89. The Hall–Kier alpha value is -1.46. The lowest BCUT2D eigenvalue weighted by molar-refractivity contribution is 0.458. The number of hydrogen-bond donors (Lipinski definition) is 1. The fraction of sp³-hybridized carbons (Fsp3) is 0.333. The van der Waals surface area contributed by atoms with Crippen LogP contribution in [-0.4, -0.2) is 16.5 Å². The van der Waals surface area contributed by atoms with E-state index in [-0.39, 0.29) is 0 Å². The zero-order valence-corrected chi connectivity index (χ0v) is 13.3. The number of rotatable bonds is 6. The number of nitrogens with zero attached hydrogens (tertiary/aromatic N) is 2. The molecule has 106 valence electrons. The molecule has 0 aliphatic carbocycles. The van der Waals surface area contributed by atoms with Crippen LogP contribution in [0.5, 0.6) is 11.6 Å². The molecule has 5 heteroatoms. The zero-order chi connectivity index (χ0) is 14.4. The lowest BCUT2D eigenvalue weighted by atomic mass is 10.2. The number of pyridine rings is 2. The molecule has 0 aliphatic heterocycles. The molecule has 0 saturated heterocycles. The minimum atomic E-state index is 0.596. The van der Waals surface area contributed by atoms with Gasteiger partial charge in [-0.15, -0.1) is 0 Å². The molecule has 0 aromatic carbocycles. The van der Waals surface area contributed by atoms with Crippen molar-refractivity contribution in [1.29, 1.82) is 0 Å². The molecule has 2 aromatic heterocycles. The molecular formula is C15H18BrN3O. The van der Waals surface area contributed by atoms with Crippen molar-refractivity contribution in [3.8, 4) is 11.6 Å². The van der Waals surface area contributed by atoms with Crippen LogP contribution in [0.2, 0.25) is 0 Å². The summed E-state index contributed by atoms with van der Waals surface area (Å²) in [5.41, 5.74) is 2.11. The van der Waals surface area contributed by atoms with Gasteiger partial charge in [-0.2, -0.15) is 0 Å². The third kappa shape index (κ3) is 4.58. The maximum absolute atomic E-state index is 5.76. The first-order valence-electron chi connectivity index (χ1n) is 6.64. The van der Waals surface area contributed by atoms with Crippen molar-refractivity contribution < 1.29 is 4.74 Å². The molecule has 20 heavy (non-hydrogen) atoms. The number of aromatic nitrogens is 2. The molecule has 0 spiro atoms. The summed E-state index contributed by atoms with van der Waals surface area (Å²) in [7, 11) is 0. The van der Waals surface area contributed by atoms with E-state index >= 15 is 0 Å². The van der Waals surface area contributed by atoms with Crippen LogP contribution in [0.25, 0.3) is 0 Å². The van der Waals surface area contributed by atoms with Crippen molar-refractivity contribution in [2.45, 2.75) is 26.8 Å². The van der Waals surface area contributed by atoms with Gasteiger partial charge in [-0.25, -0.2) is 4.98 Å². The molecule has 4 nitrogen and oxygen atoms in total. The van der Waals surface area contributed by atoms with Crippen LogP contribution in [0.3, 0.4) is 0 Å². The summed E-state index contributed by atoms with van der Waals surface area (Å²) >= 11 is 3.37. The van der Waals surface area contributed by atoms with Gasteiger partial charge in [-0.3, -0.25) is 4.98 Å². The second-order valence-electron chi connectivity index (χ2n) is 4.57. The molecule has 0 radical (unpaired) electrons. The Morgan fingerprint density at radius 3 is 2.85 bits per heavy atom. The van der Waals surface area contributed by atoms with Crippen molar-refractivity contribution in [1.82, 2.24) is 15.3 Å². The molecule has 0 amide bonds. The van der Waals surface area contributed by atoms with Gasteiger partial charge in [0.1, 0.15) is 5.75 Å². The van der Waals surface area contributed by atoms with Crippen molar-refractivity contribution in [3.05, 3.63) is 46.3 Å². The van der Waals surface area contributed by atoms with Crippen LogP contribution in [0.4, 0.5) is 0 Å². The molecule has 2 aromatic rings. The molecule has 0 fully saturated rings. The summed E-state index contributed by atoms with van der Waals surface area (Å²) in [5, 5.41) is 3.38. The average molecular weight is 336 g/mol. The van der Waals surface area contributed by atoms with Gasteiger partial charge in [0.05, 0.1) is 6.20 Å². The topological polar surface area (TPSA) is 47.0 Å². The van der Waals surface area contributed by atoms with Gasteiger partial charge in [-0.1, -0.05) is 6.92 Å². The van der Waals surface area contributed by atoms with Gasteiger partial charge in [0.2, 0.25) is 5.88 Å².